The molecular weight excluding hydrogens is 785 g/mol. The number of fused-ring (bicyclic) bond motifs is 7. The molecule has 13 rings (SSSR count). The van der Waals surface area contributed by atoms with Gasteiger partial charge in [0, 0.05) is 21.9 Å². The molecule has 12 aromatic carbocycles. The minimum Gasteiger partial charge on any atom is -0.455 e. The molecular formula is C64H40O. The molecule has 0 bridgehead atoms. The average Bonchev–Trinajstić information content (AvgIpc) is 3.77. The fourth-order valence-corrected chi connectivity index (χ4v) is 10.3. The molecule has 1 aromatic heterocycles. The normalized spacial score (nSPS) is 11.7. The Morgan fingerprint density at radius 2 is 0.646 bits per heavy atom. The smallest absolute Gasteiger partial charge is 0.143 e. The lowest BCUT2D eigenvalue weighted by Gasteiger charge is -2.19. The van der Waals surface area contributed by atoms with Crippen molar-refractivity contribution in [1.29, 1.82) is 0 Å². The Labute approximate surface area is 377 Å². The summed E-state index contributed by atoms with van der Waals surface area (Å²) in [4.78, 5) is 0. The maximum atomic E-state index is 7.09. The van der Waals surface area contributed by atoms with Crippen LogP contribution >= 0.6 is 0 Å². The van der Waals surface area contributed by atoms with E-state index in [4.69, 9.17) is 4.42 Å². The summed E-state index contributed by atoms with van der Waals surface area (Å²) in [5, 5.41) is 12.1. The van der Waals surface area contributed by atoms with E-state index in [0.717, 1.165) is 55.3 Å². The number of para-hydroxylation sites is 1. The number of benzene rings is 12. The van der Waals surface area contributed by atoms with Crippen LogP contribution in [-0.4, -0.2) is 0 Å². The van der Waals surface area contributed by atoms with Crippen molar-refractivity contribution in [2.75, 3.05) is 0 Å². The topological polar surface area (TPSA) is 13.1 Å². The fourth-order valence-electron chi connectivity index (χ4n) is 10.3. The van der Waals surface area contributed by atoms with Crippen molar-refractivity contribution < 1.29 is 4.42 Å². The summed E-state index contributed by atoms with van der Waals surface area (Å²) in [5.41, 5.74) is 15.8. The lowest BCUT2D eigenvalue weighted by molar-refractivity contribution is 0.671. The first-order valence-electron chi connectivity index (χ1n) is 22.4. The quantitative estimate of drug-likeness (QED) is 0.152. The summed E-state index contributed by atoms with van der Waals surface area (Å²) in [7, 11) is 0. The maximum absolute atomic E-state index is 7.09. The summed E-state index contributed by atoms with van der Waals surface area (Å²) in [6.07, 6.45) is 0. The van der Waals surface area contributed by atoms with Gasteiger partial charge in [-0.1, -0.05) is 206 Å². The Morgan fingerprint density at radius 1 is 0.200 bits per heavy atom. The van der Waals surface area contributed by atoms with E-state index in [1.807, 2.05) is 0 Å². The average molecular weight is 825 g/mol. The van der Waals surface area contributed by atoms with E-state index in [9.17, 15) is 0 Å². The molecule has 65 heavy (non-hydrogen) atoms. The van der Waals surface area contributed by atoms with Crippen molar-refractivity contribution in [2.45, 2.75) is 0 Å². The van der Waals surface area contributed by atoms with Gasteiger partial charge in [0.1, 0.15) is 11.2 Å². The van der Waals surface area contributed by atoms with Crippen LogP contribution in [0.4, 0.5) is 0 Å². The molecule has 0 aliphatic carbocycles. The van der Waals surface area contributed by atoms with Gasteiger partial charge in [-0.15, -0.1) is 0 Å². The highest BCUT2D eigenvalue weighted by molar-refractivity contribution is 6.22. The number of hydrogen-bond acceptors (Lipinski definition) is 1. The Bertz CT molecular complexity index is 3990. The second-order valence-electron chi connectivity index (χ2n) is 17.2. The minimum absolute atomic E-state index is 0.896. The van der Waals surface area contributed by atoms with Crippen molar-refractivity contribution >= 4 is 65.0 Å². The first-order valence-corrected chi connectivity index (χ1v) is 22.4. The first kappa shape index (κ1) is 37.1. The molecule has 0 saturated heterocycles. The molecule has 0 fully saturated rings. The minimum atomic E-state index is 0.896. The molecule has 0 radical (unpaired) electrons. The lowest BCUT2D eigenvalue weighted by atomic mass is 9.84. The van der Waals surface area contributed by atoms with Crippen molar-refractivity contribution in [3.05, 3.63) is 243 Å². The molecule has 1 heterocycles. The summed E-state index contributed by atoms with van der Waals surface area (Å²) >= 11 is 0. The molecule has 0 spiro atoms. The molecule has 0 aliphatic rings. The van der Waals surface area contributed by atoms with E-state index >= 15 is 0 Å². The highest BCUT2D eigenvalue weighted by Gasteiger charge is 2.20. The first-order chi connectivity index (χ1) is 32.2. The third kappa shape index (κ3) is 6.24. The molecule has 0 aliphatic heterocycles. The zero-order valence-corrected chi connectivity index (χ0v) is 35.5. The SMILES string of the molecule is c1ccc(-c2c3ccccc3c(-c3ccccc3)c3cc(-c4cccc(-c5cc(-c6ccc7ccccc7c6)c6oc7c(-c8ccc9ccccc9c8)cccc7c6c5)c4)ccc23)cc1. The van der Waals surface area contributed by atoms with Crippen LogP contribution in [0.25, 0.3) is 132 Å². The van der Waals surface area contributed by atoms with Gasteiger partial charge < -0.3 is 4.42 Å². The van der Waals surface area contributed by atoms with Crippen LogP contribution in [-0.2, 0) is 0 Å². The largest absolute Gasteiger partial charge is 0.455 e. The van der Waals surface area contributed by atoms with Crippen LogP contribution in [0.1, 0.15) is 0 Å². The zero-order chi connectivity index (χ0) is 42.8. The molecule has 0 unspecified atom stereocenters. The molecule has 0 atom stereocenters. The summed E-state index contributed by atoms with van der Waals surface area (Å²) < 4.78 is 7.09. The number of rotatable bonds is 6. The Balaban J connectivity index is 1.02. The Hall–Kier alpha value is -8.52. The summed E-state index contributed by atoms with van der Waals surface area (Å²) in [5.74, 6) is 0. The Kier molecular flexibility index (Phi) is 8.60. The monoisotopic (exact) mass is 824 g/mol. The highest BCUT2D eigenvalue weighted by Crippen LogP contribution is 2.46. The molecule has 302 valence electrons. The van der Waals surface area contributed by atoms with Crippen LogP contribution in [0.3, 0.4) is 0 Å². The van der Waals surface area contributed by atoms with Crippen molar-refractivity contribution in [3.8, 4) is 66.8 Å². The van der Waals surface area contributed by atoms with Gasteiger partial charge in [-0.05, 0) is 135 Å². The van der Waals surface area contributed by atoms with Gasteiger partial charge in [-0.25, -0.2) is 0 Å². The third-order valence-corrected chi connectivity index (χ3v) is 13.4. The third-order valence-electron chi connectivity index (χ3n) is 13.4. The van der Waals surface area contributed by atoms with Gasteiger partial charge in [-0.2, -0.15) is 0 Å². The van der Waals surface area contributed by atoms with E-state index in [0.29, 0.717) is 0 Å². The van der Waals surface area contributed by atoms with Gasteiger partial charge in [-0.3, -0.25) is 0 Å². The van der Waals surface area contributed by atoms with Crippen LogP contribution < -0.4 is 0 Å². The van der Waals surface area contributed by atoms with Crippen molar-refractivity contribution in [3.63, 3.8) is 0 Å². The van der Waals surface area contributed by atoms with Crippen LogP contribution in [0.2, 0.25) is 0 Å². The Morgan fingerprint density at radius 3 is 1.31 bits per heavy atom. The standard InChI is InChI=1S/C64H40O/c1-3-17-43(18-4-1)61-54-25-11-12-26-55(54)62(44-19-5-2-6-20-44)59-38-49(33-34-56(59)61)47-23-13-24-48(35-47)52-39-58(51-32-30-42-16-8-10-22-46(42)37-51)64-60(40-52)57-28-14-27-53(63(57)65-64)50-31-29-41-15-7-9-21-45(41)36-50/h1-40H. The summed E-state index contributed by atoms with van der Waals surface area (Å²) in [6, 6.07) is 88.5. The van der Waals surface area contributed by atoms with Gasteiger partial charge in [0.2, 0.25) is 0 Å². The molecule has 13 aromatic rings. The van der Waals surface area contributed by atoms with Gasteiger partial charge in [0.25, 0.3) is 0 Å². The number of furan rings is 1. The zero-order valence-electron chi connectivity index (χ0n) is 35.5. The number of hydrogen-bond donors (Lipinski definition) is 0. The molecule has 0 amide bonds. The van der Waals surface area contributed by atoms with Crippen LogP contribution in [0, 0.1) is 0 Å². The molecule has 1 heteroatoms. The molecule has 0 N–H and O–H groups in total. The molecule has 0 saturated carbocycles. The van der Waals surface area contributed by atoms with Gasteiger partial charge in [0.05, 0.1) is 0 Å². The second-order valence-corrected chi connectivity index (χ2v) is 17.2. The van der Waals surface area contributed by atoms with E-state index in [-0.39, 0.29) is 0 Å². The predicted octanol–water partition coefficient (Wildman–Crippen LogP) is 18.2. The summed E-state index contributed by atoms with van der Waals surface area (Å²) in [6.45, 7) is 0. The predicted molar refractivity (Wildman–Crippen MR) is 276 cm³/mol. The lowest BCUT2D eigenvalue weighted by Crippen LogP contribution is -1.91. The van der Waals surface area contributed by atoms with Crippen LogP contribution in [0.15, 0.2) is 247 Å². The highest BCUT2D eigenvalue weighted by atomic mass is 16.3. The van der Waals surface area contributed by atoms with Crippen molar-refractivity contribution in [1.82, 2.24) is 0 Å². The van der Waals surface area contributed by atoms with E-state index in [2.05, 4.69) is 243 Å². The van der Waals surface area contributed by atoms with Crippen LogP contribution in [0.5, 0.6) is 0 Å². The van der Waals surface area contributed by atoms with E-state index < -0.39 is 0 Å². The van der Waals surface area contributed by atoms with E-state index in [1.165, 1.54) is 76.5 Å². The maximum Gasteiger partial charge on any atom is 0.143 e. The fraction of sp³-hybridized carbons (Fsp3) is 0. The van der Waals surface area contributed by atoms with Gasteiger partial charge in [0.15, 0.2) is 0 Å². The van der Waals surface area contributed by atoms with E-state index in [1.54, 1.807) is 0 Å². The molecule has 1 nitrogen and oxygen atoms in total. The van der Waals surface area contributed by atoms with Crippen molar-refractivity contribution in [2.24, 2.45) is 0 Å². The second kappa shape index (κ2) is 15.1. The van der Waals surface area contributed by atoms with Gasteiger partial charge >= 0.3 is 0 Å².